The first kappa shape index (κ1) is 16.7. The molecule has 0 spiro atoms. The molecule has 134 valence electrons. The van der Waals surface area contributed by atoms with E-state index < -0.39 is 0 Å². The Balaban J connectivity index is 1.22. The number of ether oxygens (including phenoxy) is 1. The Labute approximate surface area is 152 Å². The Bertz CT molecular complexity index is 678. The largest absolute Gasteiger partial charge is 0.484 e. The second-order valence-electron chi connectivity index (χ2n) is 7.65. The molecule has 3 aliphatic carbocycles. The predicted octanol–water partition coefficient (Wildman–Crippen LogP) is 2.38. The normalized spacial score (nSPS) is 34.8. The fraction of sp³-hybridized carbons (Fsp3) is 0.579. The molecule has 0 saturated heterocycles. The highest BCUT2D eigenvalue weighted by molar-refractivity contribution is 6.30. The van der Waals surface area contributed by atoms with E-state index in [4.69, 9.17) is 16.3 Å². The number of carbonyl (C=O) groups is 2. The summed E-state index contributed by atoms with van der Waals surface area (Å²) in [5, 5.41) is 6.90. The number of amides is 2. The van der Waals surface area contributed by atoms with Gasteiger partial charge in [-0.05, 0) is 61.3 Å². The van der Waals surface area contributed by atoms with Gasteiger partial charge in [-0.25, -0.2) is 0 Å². The van der Waals surface area contributed by atoms with Crippen molar-refractivity contribution in [2.75, 3.05) is 6.61 Å². The minimum atomic E-state index is -0.117. The Morgan fingerprint density at radius 2 is 1.72 bits per heavy atom. The van der Waals surface area contributed by atoms with E-state index in [0.717, 1.165) is 19.3 Å². The summed E-state index contributed by atoms with van der Waals surface area (Å²) in [6.07, 6.45) is 2.93. The molecule has 2 amide bonds. The van der Waals surface area contributed by atoms with Crippen LogP contribution in [0.25, 0.3) is 0 Å². The van der Waals surface area contributed by atoms with Gasteiger partial charge in [-0.3, -0.25) is 9.59 Å². The Kier molecular flexibility index (Phi) is 4.36. The molecule has 5 nitrogen and oxygen atoms in total. The van der Waals surface area contributed by atoms with Crippen LogP contribution in [0.4, 0.5) is 0 Å². The molecule has 4 rings (SSSR count). The first-order chi connectivity index (χ1) is 12.0. The molecule has 6 atom stereocenters. The van der Waals surface area contributed by atoms with E-state index in [0.29, 0.717) is 28.5 Å². The zero-order valence-electron chi connectivity index (χ0n) is 14.2. The van der Waals surface area contributed by atoms with Crippen molar-refractivity contribution in [3.8, 4) is 5.75 Å². The molecule has 0 radical (unpaired) electrons. The minimum Gasteiger partial charge on any atom is -0.484 e. The van der Waals surface area contributed by atoms with Crippen LogP contribution in [0.15, 0.2) is 24.3 Å². The highest BCUT2D eigenvalue weighted by atomic mass is 35.5. The van der Waals surface area contributed by atoms with E-state index in [9.17, 15) is 9.59 Å². The van der Waals surface area contributed by atoms with E-state index in [1.165, 1.54) is 0 Å². The summed E-state index contributed by atoms with van der Waals surface area (Å²) >= 11 is 5.82. The van der Waals surface area contributed by atoms with Crippen LogP contribution in [0.5, 0.6) is 5.75 Å². The average Bonchev–Trinajstić information content (AvgIpc) is 3.48. The van der Waals surface area contributed by atoms with E-state index in [-0.39, 0.29) is 36.4 Å². The molecule has 0 bridgehead atoms. The Morgan fingerprint density at radius 3 is 2.36 bits per heavy atom. The molecule has 2 N–H and O–H groups in total. The van der Waals surface area contributed by atoms with Gasteiger partial charge in [0.15, 0.2) is 6.61 Å². The number of hydrogen-bond acceptors (Lipinski definition) is 3. The number of rotatable bonds is 6. The van der Waals surface area contributed by atoms with Crippen LogP contribution in [0.1, 0.15) is 26.2 Å². The monoisotopic (exact) mass is 362 g/mol. The van der Waals surface area contributed by atoms with Crippen LogP contribution >= 0.6 is 11.6 Å². The lowest BCUT2D eigenvalue weighted by Gasteiger charge is -2.19. The molecule has 0 aromatic heterocycles. The molecular weight excluding hydrogens is 340 g/mol. The van der Waals surface area contributed by atoms with Gasteiger partial charge in [0.2, 0.25) is 5.91 Å². The lowest BCUT2D eigenvalue weighted by atomic mass is 10.1. The molecule has 1 aromatic carbocycles. The number of carbonyl (C=O) groups excluding carboxylic acids is 2. The summed E-state index contributed by atoms with van der Waals surface area (Å²) in [5.74, 6) is 2.46. The summed E-state index contributed by atoms with van der Waals surface area (Å²) in [4.78, 5) is 24.3. The fourth-order valence-electron chi connectivity index (χ4n) is 4.02. The first-order valence-electron chi connectivity index (χ1n) is 8.99. The standard InChI is InChI=1S/C19H23ClN2O3/c1-10-6-13(10)19(24)22-17-8-16(14-7-15(14)17)21-18(23)9-25-12-4-2-11(20)3-5-12/h2-5,10,13-17H,6-9H2,1H3,(H,21,23)(H,22,24)/t10?,13?,14?,15?,16-,17+/m0/s1. The molecule has 0 aliphatic heterocycles. The van der Waals surface area contributed by atoms with Gasteiger partial charge in [0.05, 0.1) is 0 Å². The lowest BCUT2D eigenvalue weighted by Crippen LogP contribution is -2.42. The molecule has 0 heterocycles. The second kappa shape index (κ2) is 6.52. The second-order valence-corrected chi connectivity index (χ2v) is 8.09. The zero-order valence-corrected chi connectivity index (χ0v) is 15.0. The van der Waals surface area contributed by atoms with E-state index >= 15 is 0 Å². The summed E-state index contributed by atoms with van der Waals surface area (Å²) in [6, 6.07) is 7.31. The maximum Gasteiger partial charge on any atom is 0.258 e. The smallest absolute Gasteiger partial charge is 0.258 e. The van der Waals surface area contributed by atoms with Crippen molar-refractivity contribution >= 4 is 23.4 Å². The fourth-order valence-corrected chi connectivity index (χ4v) is 4.15. The number of hydrogen-bond donors (Lipinski definition) is 2. The third kappa shape index (κ3) is 3.76. The van der Waals surface area contributed by atoms with Crippen molar-refractivity contribution in [3.05, 3.63) is 29.3 Å². The van der Waals surface area contributed by atoms with Crippen molar-refractivity contribution in [2.45, 2.75) is 38.3 Å². The van der Waals surface area contributed by atoms with Crippen LogP contribution < -0.4 is 15.4 Å². The van der Waals surface area contributed by atoms with Crippen LogP contribution in [-0.4, -0.2) is 30.5 Å². The van der Waals surface area contributed by atoms with Crippen molar-refractivity contribution in [2.24, 2.45) is 23.7 Å². The van der Waals surface area contributed by atoms with Crippen molar-refractivity contribution < 1.29 is 14.3 Å². The average molecular weight is 363 g/mol. The quantitative estimate of drug-likeness (QED) is 0.816. The zero-order chi connectivity index (χ0) is 17.6. The van der Waals surface area contributed by atoms with Crippen molar-refractivity contribution in [1.29, 1.82) is 0 Å². The van der Waals surface area contributed by atoms with Crippen molar-refractivity contribution in [1.82, 2.24) is 10.6 Å². The SMILES string of the molecule is CC1CC1C(=O)N[C@@H]1C[C@H](NC(=O)COc2ccc(Cl)cc2)C2CC21. The number of nitrogens with one attached hydrogen (secondary N) is 2. The molecule has 4 unspecified atom stereocenters. The number of halogens is 1. The van der Waals surface area contributed by atoms with Gasteiger partial charge in [0.25, 0.3) is 5.91 Å². The third-order valence-corrected chi connectivity index (χ3v) is 5.99. The Morgan fingerprint density at radius 1 is 1.08 bits per heavy atom. The van der Waals surface area contributed by atoms with Gasteiger partial charge in [0.1, 0.15) is 5.75 Å². The summed E-state index contributed by atoms with van der Waals surface area (Å²) in [7, 11) is 0. The van der Waals surface area contributed by atoms with Gasteiger partial charge in [-0.2, -0.15) is 0 Å². The van der Waals surface area contributed by atoms with Gasteiger partial charge < -0.3 is 15.4 Å². The molecule has 3 fully saturated rings. The minimum absolute atomic E-state index is 0.00780. The highest BCUT2D eigenvalue weighted by Crippen LogP contribution is 2.52. The molecule has 1 aromatic rings. The maximum atomic E-state index is 12.1. The number of benzene rings is 1. The molecular formula is C19H23ClN2O3. The van der Waals surface area contributed by atoms with Gasteiger partial charge in [-0.15, -0.1) is 0 Å². The van der Waals surface area contributed by atoms with Gasteiger partial charge >= 0.3 is 0 Å². The third-order valence-electron chi connectivity index (χ3n) is 5.74. The molecule has 3 aliphatic rings. The summed E-state index contributed by atoms with van der Waals surface area (Å²) in [5.41, 5.74) is 0. The van der Waals surface area contributed by atoms with Gasteiger partial charge in [0, 0.05) is 23.0 Å². The van der Waals surface area contributed by atoms with E-state index in [2.05, 4.69) is 17.6 Å². The first-order valence-corrected chi connectivity index (χ1v) is 9.37. The predicted molar refractivity (Wildman–Crippen MR) is 94.3 cm³/mol. The lowest BCUT2D eigenvalue weighted by molar-refractivity contribution is -0.124. The summed E-state index contributed by atoms with van der Waals surface area (Å²) < 4.78 is 5.48. The van der Waals surface area contributed by atoms with Gasteiger partial charge in [-0.1, -0.05) is 18.5 Å². The number of fused-ring (bicyclic) bond motifs is 1. The maximum absolute atomic E-state index is 12.1. The van der Waals surface area contributed by atoms with Crippen molar-refractivity contribution in [3.63, 3.8) is 0 Å². The topological polar surface area (TPSA) is 67.4 Å². The molecule has 6 heteroatoms. The molecule has 25 heavy (non-hydrogen) atoms. The van der Waals surface area contributed by atoms with E-state index in [1.807, 2.05) is 0 Å². The van der Waals surface area contributed by atoms with Crippen LogP contribution in [0.3, 0.4) is 0 Å². The highest BCUT2D eigenvalue weighted by Gasteiger charge is 2.55. The molecule has 3 saturated carbocycles. The van der Waals surface area contributed by atoms with Crippen LogP contribution in [-0.2, 0) is 9.59 Å². The van der Waals surface area contributed by atoms with E-state index in [1.54, 1.807) is 24.3 Å². The summed E-state index contributed by atoms with van der Waals surface area (Å²) in [6.45, 7) is 2.11. The Hall–Kier alpha value is -1.75. The van der Waals surface area contributed by atoms with Crippen LogP contribution in [0, 0.1) is 23.7 Å². The van der Waals surface area contributed by atoms with Crippen LogP contribution in [0.2, 0.25) is 5.02 Å².